The molecule has 0 radical (unpaired) electrons. The third-order valence-corrected chi connectivity index (χ3v) is 4.88. The Balaban J connectivity index is 1.57. The first kappa shape index (κ1) is 23.6. The molecule has 3 rings (SSSR count). The van der Waals surface area contributed by atoms with E-state index in [-0.39, 0.29) is 23.2 Å². The standard InChI is InChI=1S/C21H20N6O5S/c1-13-8-14(2)25-21(24-13)33-12-19(28)26-23-10-15-4-6-17(18(9-15)31-3)32-20-7-5-16(11-22-20)27(29)30/h4-11H,12H2,1-3H3,(H,26,28)/b23-10-. The number of hydrazone groups is 1. The summed E-state index contributed by atoms with van der Waals surface area (Å²) in [6, 6.07) is 9.55. The van der Waals surface area contributed by atoms with Crippen LogP contribution in [0.25, 0.3) is 0 Å². The maximum absolute atomic E-state index is 12.0. The highest BCUT2D eigenvalue weighted by Gasteiger charge is 2.10. The van der Waals surface area contributed by atoms with Gasteiger partial charge in [0, 0.05) is 23.5 Å². The lowest BCUT2D eigenvalue weighted by Crippen LogP contribution is -2.19. The molecule has 1 amide bonds. The molecule has 0 fully saturated rings. The Kier molecular flexibility index (Phi) is 7.86. The van der Waals surface area contributed by atoms with Crippen LogP contribution in [-0.4, -0.2) is 44.9 Å². The smallest absolute Gasteiger partial charge is 0.287 e. The number of aromatic nitrogens is 3. The number of rotatable bonds is 9. The van der Waals surface area contributed by atoms with Gasteiger partial charge >= 0.3 is 0 Å². The summed E-state index contributed by atoms with van der Waals surface area (Å²) < 4.78 is 11.0. The first-order valence-corrected chi connectivity index (χ1v) is 10.6. The number of amides is 1. The maximum Gasteiger partial charge on any atom is 0.287 e. The van der Waals surface area contributed by atoms with E-state index in [9.17, 15) is 14.9 Å². The molecule has 33 heavy (non-hydrogen) atoms. The molecule has 0 aliphatic carbocycles. The number of methoxy groups -OCH3 is 1. The monoisotopic (exact) mass is 468 g/mol. The molecule has 2 heterocycles. The van der Waals surface area contributed by atoms with Gasteiger partial charge in [0.25, 0.3) is 11.6 Å². The van der Waals surface area contributed by atoms with E-state index in [4.69, 9.17) is 9.47 Å². The summed E-state index contributed by atoms with van der Waals surface area (Å²) in [6.07, 6.45) is 2.57. The van der Waals surface area contributed by atoms with Gasteiger partial charge in [-0.05, 0) is 43.7 Å². The van der Waals surface area contributed by atoms with Gasteiger partial charge in [0.2, 0.25) is 5.88 Å². The summed E-state index contributed by atoms with van der Waals surface area (Å²) in [5, 5.41) is 15.2. The Bertz CT molecular complexity index is 1170. The van der Waals surface area contributed by atoms with Crippen LogP contribution in [-0.2, 0) is 4.79 Å². The topological polar surface area (TPSA) is 142 Å². The zero-order chi connectivity index (χ0) is 23.8. The number of thioether (sulfide) groups is 1. The quantitative estimate of drug-likeness (QED) is 0.164. The Morgan fingerprint density at radius 1 is 1.18 bits per heavy atom. The molecule has 0 aliphatic rings. The molecule has 0 unspecified atom stereocenters. The number of aryl methyl sites for hydroxylation is 2. The van der Waals surface area contributed by atoms with Crippen LogP contribution in [0.3, 0.4) is 0 Å². The van der Waals surface area contributed by atoms with E-state index in [0.717, 1.165) is 17.6 Å². The fraction of sp³-hybridized carbons (Fsp3) is 0.190. The van der Waals surface area contributed by atoms with Crippen molar-refractivity contribution in [1.82, 2.24) is 20.4 Å². The zero-order valence-electron chi connectivity index (χ0n) is 18.0. The van der Waals surface area contributed by atoms with E-state index in [1.807, 2.05) is 19.9 Å². The van der Waals surface area contributed by atoms with Gasteiger partial charge in [-0.25, -0.2) is 20.4 Å². The third-order valence-electron chi connectivity index (χ3n) is 4.03. The van der Waals surface area contributed by atoms with E-state index in [1.54, 1.807) is 18.2 Å². The molecule has 0 aliphatic heterocycles. The Morgan fingerprint density at radius 3 is 2.58 bits per heavy atom. The Hall–Kier alpha value is -4.06. The van der Waals surface area contributed by atoms with Crippen molar-refractivity contribution in [2.75, 3.05) is 12.9 Å². The van der Waals surface area contributed by atoms with Gasteiger partial charge in [-0.15, -0.1) is 0 Å². The first-order chi connectivity index (χ1) is 15.8. The van der Waals surface area contributed by atoms with Crippen LogP contribution < -0.4 is 14.9 Å². The lowest BCUT2D eigenvalue weighted by atomic mass is 10.2. The maximum atomic E-state index is 12.0. The van der Waals surface area contributed by atoms with Crippen molar-refractivity contribution in [1.29, 1.82) is 0 Å². The lowest BCUT2D eigenvalue weighted by molar-refractivity contribution is -0.385. The summed E-state index contributed by atoms with van der Waals surface area (Å²) in [7, 11) is 1.47. The molecular formula is C21H20N6O5S. The minimum atomic E-state index is -0.541. The molecule has 3 aromatic rings. The number of pyridine rings is 1. The number of carbonyl (C=O) groups excluding carboxylic acids is 1. The molecule has 12 heteroatoms. The fourth-order valence-corrected chi connectivity index (χ4v) is 3.34. The Labute approximate surface area is 193 Å². The Morgan fingerprint density at radius 2 is 1.94 bits per heavy atom. The van der Waals surface area contributed by atoms with Gasteiger partial charge in [0.15, 0.2) is 16.7 Å². The SMILES string of the molecule is COc1cc(/C=N\NC(=O)CSc2nc(C)cc(C)n2)ccc1Oc1ccc([N+](=O)[O-])cn1. The summed E-state index contributed by atoms with van der Waals surface area (Å²) >= 11 is 1.23. The van der Waals surface area contributed by atoms with E-state index in [0.29, 0.717) is 22.2 Å². The van der Waals surface area contributed by atoms with Gasteiger partial charge in [-0.1, -0.05) is 11.8 Å². The average Bonchev–Trinajstić information content (AvgIpc) is 2.78. The van der Waals surface area contributed by atoms with E-state index < -0.39 is 4.92 Å². The molecule has 0 saturated carbocycles. The van der Waals surface area contributed by atoms with Crippen LogP contribution in [0.5, 0.6) is 17.4 Å². The van der Waals surface area contributed by atoms with Crippen LogP contribution in [0.2, 0.25) is 0 Å². The highest BCUT2D eigenvalue weighted by Crippen LogP contribution is 2.31. The largest absolute Gasteiger partial charge is 0.493 e. The van der Waals surface area contributed by atoms with E-state index >= 15 is 0 Å². The second-order valence-electron chi connectivity index (χ2n) is 6.64. The van der Waals surface area contributed by atoms with Crippen molar-refractivity contribution in [3.05, 3.63) is 69.7 Å². The number of nitro groups is 1. The predicted octanol–water partition coefficient (Wildman–Crippen LogP) is 3.44. The van der Waals surface area contributed by atoms with Crippen LogP contribution in [0, 0.1) is 24.0 Å². The van der Waals surface area contributed by atoms with Crippen molar-refractivity contribution in [3.63, 3.8) is 0 Å². The summed E-state index contributed by atoms with van der Waals surface area (Å²) in [5.41, 5.74) is 4.66. The van der Waals surface area contributed by atoms with Crippen molar-refractivity contribution >= 4 is 29.6 Å². The van der Waals surface area contributed by atoms with Crippen molar-refractivity contribution in [2.24, 2.45) is 5.10 Å². The van der Waals surface area contributed by atoms with E-state index in [2.05, 4.69) is 25.5 Å². The summed E-state index contributed by atoms with van der Waals surface area (Å²) in [5.74, 6) is 0.768. The molecule has 0 atom stereocenters. The number of benzene rings is 1. The average molecular weight is 468 g/mol. The number of hydrogen-bond donors (Lipinski definition) is 1. The number of nitrogens with one attached hydrogen (secondary N) is 1. The fourth-order valence-electron chi connectivity index (χ4n) is 2.60. The molecule has 1 aromatic carbocycles. The molecule has 170 valence electrons. The molecule has 2 aromatic heterocycles. The summed E-state index contributed by atoms with van der Waals surface area (Å²) in [4.78, 5) is 34.7. The molecule has 1 N–H and O–H groups in total. The van der Waals surface area contributed by atoms with Gasteiger partial charge < -0.3 is 9.47 Å². The minimum Gasteiger partial charge on any atom is -0.493 e. The molecule has 11 nitrogen and oxygen atoms in total. The predicted molar refractivity (Wildman–Crippen MR) is 122 cm³/mol. The highest BCUT2D eigenvalue weighted by molar-refractivity contribution is 7.99. The number of ether oxygens (including phenoxy) is 2. The number of hydrogen-bond acceptors (Lipinski definition) is 10. The lowest BCUT2D eigenvalue weighted by Gasteiger charge is -2.10. The van der Waals surface area contributed by atoms with Gasteiger partial charge in [0.05, 0.1) is 24.0 Å². The van der Waals surface area contributed by atoms with Gasteiger partial charge in [0.1, 0.15) is 6.20 Å². The first-order valence-electron chi connectivity index (χ1n) is 9.57. The van der Waals surface area contributed by atoms with E-state index in [1.165, 1.54) is 37.2 Å². The zero-order valence-corrected chi connectivity index (χ0v) is 18.8. The van der Waals surface area contributed by atoms with Crippen LogP contribution in [0.15, 0.2) is 52.9 Å². The van der Waals surface area contributed by atoms with Crippen LogP contribution in [0.4, 0.5) is 5.69 Å². The van der Waals surface area contributed by atoms with Crippen LogP contribution in [0.1, 0.15) is 17.0 Å². The number of nitrogens with zero attached hydrogens (tertiary/aromatic N) is 5. The summed E-state index contributed by atoms with van der Waals surface area (Å²) in [6.45, 7) is 3.74. The minimum absolute atomic E-state index is 0.124. The third kappa shape index (κ3) is 6.97. The second kappa shape index (κ2) is 11.0. The molecule has 0 bridgehead atoms. The second-order valence-corrected chi connectivity index (χ2v) is 7.58. The van der Waals surface area contributed by atoms with Crippen molar-refractivity contribution in [2.45, 2.75) is 19.0 Å². The van der Waals surface area contributed by atoms with Gasteiger partial charge in [-0.2, -0.15) is 5.10 Å². The molecule has 0 spiro atoms. The van der Waals surface area contributed by atoms with Crippen LogP contribution >= 0.6 is 11.8 Å². The highest BCUT2D eigenvalue weighted by atomic mass is 32.2. The molecular weight excluding hydrogens is 448 g/mol. The molecule has 0 saturated heterocycles. The van der Waals surface area contributed by atoms with Gasteiger partial charge in [-0.3, -0.25) is 14.9 Å². The number of carbonyl (C=O) groups is 1. The van der Waals surface area contributed by atoms with Crippen molar-refractivity contribution in [3.8, 4) is 17.4 Å². The normalized spacial score (nSPS) is 10.8. The van der Waals surface area contributed by atoms with Crippen molar-refractivity contribution < 1.29 is 19.2 Å².